The molecule has 154 valence electrons. The average Bonchev–Trinajstić information content (AvgIpc) is 3.21. The number of thioether (sulfide) groups is 1. The Labute approximate surface area is 173 Å². The molecule has 1 heterocycles. The van der Waals surface area contributed by atoms with Gasteiger partial charge in [-0.2, -0.15) is 4.68 Å². The van der Waals surface area contributed by atoms with Gasteiger partial charge < -0.3 is 19.3 Å². The number of methoxy groups -OCH3 is 2. The van der Waals surface area contributed by atoms with E-state index in [4.69, 9.17) is 14.2 Å². The maximum atomic E-state index is 10.2. The molecule has 0 saturated carbocycles. The van der Waals surface area contributed by atoms with Crippen molar-refractivity contribution in [3.05, 3.63) is 53.6 Å². The number of aryl methyl sites for hydroxylation is 1. The molecule has 0 fully saturated rings. The number of aliphatic hydroxyl groups is 1. The fraction of sp³-hybridized carbons (Fsp3) is 0.350. The van der Waals surface area contributed by atoms with E-state index >= 15 is 0 Å². The van der Waals surface area contributed by atoms with E-state index in [1.807, 2.05) is 49.4 Å². The number of aliphatic hydroxyl groups excluding tert-OH is 1. The smallest absolute Gasteiger partial charge is 0.214 e. The standard InChI is InChI=1S/C20H24N4O4S/c1-14-4-7-16(8-5-14)24-20(21-22-23-24)29-13-17(25)12-28-11-15-6-9-18(26-2)19(10-15)27-3/h4-10,17,25H,11-13H2,1-3H3. The Bertz CT molecular complexity index is 917. The van der Waals surface area contributed by atoms with Gasteiger partial charge in [0.1, 0.15) is 0 Å². The van der Waals surface area contributed by atoms with Gasteiger partial charge in [-0.3, -0.25) is 0 Å². The van der Waals surface area contributed by atoms with Gasteiger partial charge in [0.25, 0.3) is 0 Å². The molecule has 1 N–H and O–H groups in total. The lowest BCUT2D eigenvalue weighted by Crippen LogP contribution is -2.18. The van der Waals surface area contributed by atoms with Crippen molar-refractivity contribution in [3.63, 3.8) is 0 Å². The monoisotopic (exact) mass is 416 g/mol. The van der Waals surface area contributed by atoms with Crippen LogP contribution in [0, 0.1) is 6.92 Å². The lowest BCUT2D eigenvalue weighted by atomic mass is 10.2. The van der Waals surface area contributed by atoms with Crippen LogP contribution in [0.1, 0.15) is 11.1 Å². The lowest BCUT2D eigenvalue weighted by Gasteiger charge is -2.12. The maximum Gasteiger partial charge on any atom is 0.214 e. The normalized spacial score (nSPS) is 12.0. The van der Waals surface area contributed by atoms with Crippen molar-refractivity contribution in [1.29, 1.82) is 0 Å². The second kappa shape index (κ2) is 10.2. The summed E-state index contributed by atoms with van der Waals surface area (Å²) >= 11 is 1.38. The molecule has 1 aromatic heterocycles. The molecule has 1 atom stereocenters. The van der Waals surface area contributed by atoms with Gasteiger partial charge in [-0.15, -0.1) is 5.10 Å². The SMILES string of the molecule is COc1ccc(COCC(O)CSc2nnnn2-c2ccc(C)cc2)cc1OC. The third-order valence-electron chi connectivity index (χ3n) is 4.15. The second-order valence-corrected chi connectivity index (χ2v) is 7.37. The van der Waals surface area contributed by atoms with E-state index in [0.29, 0.717) is 29.0 Å². The first kappa shape index (κ1) is 21.1. The van der Waals surface area contributed by atoms with Gasteiger partial charge in [0.2, 0.25) is 5.16 Å². The van der Waals surface area contributed by atoms with Crippen LogP contribution in [-0.4, -0.2) is 58.0 Å². The molecule has 3 aromatic rings. The van der Waals surface area contributed by atoms with Crippen molar-refractivity contribution in [2.24, 2.45) is 0 Å². The summed E-state index contributed by atoms with van der Waals surface area (Å²) in [4.78, 5) is 0. The number of nitrogens with zero attached hydrogens (tertiary/aromatic N) is 4. The Morgan fingerprint density at radius 1 is 1.07 bits per heavy atom. The van der Waals surface area contributed by atoms with Crippen LogP contribution in [0.3, 0.4) is 0 Å². The highest BCUT2D eigenvalue weighted by atomic mass is 32.2. The molecule has 0 amide bonds. The zero-order valence-corrected chi connectivity index (χ0v) is 17.4. The van der Waals surface area contributed by atoms with Gasteiger partial charge >= 0.3 is 0 Å². The molecule has 9 heteroatoms. The summed E-state index contributed by atoms with van der Waals surface area (Å²) in [5, 5.41) is 22.7. The van der Waals surface area contributed by atoms with Gasteiger partial charge in [-0.25, -0.2) is 0 Å². The van der Waals surface area contributed by atoms with Gasteiger partial charge in [0.15, 0.2) is 11.5 Å². The zero-order chi connectivity index (χ0) is 20.6. The molecule has 0 bridgehead atoms. The molecule has 0 aliphatic carbocycles. The first-order valence-electron chi connectivity index (χ1n) is 9.05. The van der Waals surface area contributed by atoms with Crippen LogP contribution in [0.25, 0.3) is 5.69 Å². The largest absolute Gasteiger partial charge is 0.493 e. The molecule has 0 aliphatic heterocycles. The number of hydrogen-bond acceptors (Lipinski definition) is 8. The predicted molar refractivity (Wildman–Crippen MR) is 110 cm³/mol. The molecule has 0 saturated heterocycles. The molecule has 0 aliphatic rings. The number of rotatable bonds is 10. The molecule has 2 aromatic carbocycles. The number of hydrogen-bond donors (Lipinski definition) is 1. The molecule has 29 heavy (non-hydrogen) atoms. The van der Waals surface area contributed by atoms with E-state index in [0.717, 1.165) is 16.8 Å². The third kappa shape index (κ3) is 5.69. The van der Waals surface area contributed by atoms with Gasteiger partial charge in [-0.05, 0) is 47.2 Å². The highest BCUT2D eigenvalue weighted by Gasteiger charge is 2.13. The van der Waals surface area contributed by atoms with E-state index in [2.05, 4.69) is 15.5 Å². The summed E-state index contributed by atoms with van der Waals surface area (Å²) in [5.41, 5.74) is 2.98. The van der Waals surface area contributed by atoms with E-state index in [1.165, 1.54) is 11.8 Å². The van der Waals surface area contributed by atoms with Gasteiger partial charge in [-0.1, -0.05) is 35.5 Å². The second-order valence-electron chi connectivity index (χ2n) is 6.38. The number of benzene rings is 2. The average molecular weight is 417 g/mol. The minimum absolute atomic E-state index is 0.202. The molecular formula is C20H24N4O4S. The number of tetrazole rings is 1. The van der Waals surface area contributed by atoms with Gasteiger partial charge in [0, 0.05) is 5.75 Å². The summed E-state index contributed by atoms with van der Waals surface area (Å²) in [6.07, 6.45) is -0.650. The topological polar surface area (TPSA) is 91.5 Å². The number of aromatic nitrogens is 4. The summed E-state index contributed by atoms with van der Waals surface area (Å²) in [6.45, 7) is 2.59. The third-order valence-corrected chi connectivity index (χ3v) is 5.22. The van der Waals surface area contributed by atoms with Crippen LogP contribution in [0.5, 0.6) is 11.5 Å². The van der Waals surface area contributed by atoms with Crippen LogP contribution >= 0.6 is 11.8 Å². The summed E-state index contributed by atoms with van der Waals surface area (Å²) < 4.78 is 17.8. The first-order valence-corrected chi connectivity index (χ1v) is 10.0. The van der Waals surface area contributed by atoms with Crippen LogP contribution in [-0.2, 0) is 11.3 Å². The zero-order valence-electron chi connectivity index (χ0n) is 16.6. The fourth-order valence-electron chi connectivity index (χ4n) is 2.62. The van der Waals surface area contributed by atoms with Crippen molar-refractivity contribution in [3.8, 4) is 17.2 Å². The maximum absolute atomic E-state index is 10.2. The van der Waals surface area contributed by atoms with E-state index < -0.39 is 6.10 Å². The Hall–Kier alpha value is -2.62. The Balaban J connectivity index is 1.48. The summed E-state index contributed by atoms with van der Waals surface area (Å²) in [6, 6.07) is 13.5. The van der Waals surface area contributed by atoms with Crippen molar-refractivity contribution in [1.82, 2.24) is 20.2 Å². The predicted octanol–water partition coefficient (Wildman–Crippen LogP) is 2.66. The highest BCUT2D eigenvalue weighted by Crippen LogP contribution is 2.27. The Kier molecular flexibility index (Phi) is 7.45. The number of ether oxygens (including phenoxy) is 3. The highest BCUT2D eigenvalue weighted by molar-refractivity contribution is 7.99. The molecule has 0 radical (unpaired) electrons. The van der Waals surface area contributed by atoms with Crippen LogP contribution < -0.4 is 9.47 Å². The van der Waals surface area contributed by atoms with Crippen molar-refractivity contribution < 1.29 is 19.3 Å². The van der Waals surface area contributed by atoms with Crippen molar-refractivity contribution in [2.45, 2.75) is 24.8 Å². The minimum atomic E-state index is -0.650. The minimum Gasteiger partial charge on any atom is -0.493 e. The summed E-state index contributed by atoms with van der Waals surface area (Å²) in [7, 11) is 3.19. The van der Waals surface area contributed by atoms with E-state index in [-0.39, 0.29) is 6.61 Å². The Morgan fingerprint density at radius 2 is 1.83 bits per heavy atom. The van der Waals surface area contributed by atoms with Crippen LogP contribution in [0.15, 0.2) is 47.6 Å². The van der Waals surface area contributed by atoms with Crippen LogP contribution in [0.4, 0.5) is 0 Å². The molecular weight excluding hydrogens is 392 g/mol. The fourth-order valence-corrected chi connectivity index (χ4v) is 3.42. The summed E-state index contributed by atoms with van der Waals surface area (Å²) in [5.74, 6) is 1.73. The Morgan fingerprint density at radius 3 is 2.55 bits per heavy atom. The molecule has 8 nitrogen and oxygen atoms in total. The van der Waals surface area contributed by atoms with Crippen molar-refractivity contribution in [2.75, 3.05) is 26.6 Å². The molecule has 1 unspecified atom stereocenters. The van der Waals surface area contributed by atoms with Gasteiger partial charge in [0.05, 0.1) is 39.2 Å². The molecule has 3 rings (SSSR count). The van der Waals surface area contributed by atoms with E-state index in [1.54, 1.807) is 18.9 Å². The first-order chi connectivity index (χ1) is 14.1. The van der Waals surface area contributed by atoms with Crippen molar-refractivity contribution >= 4 is 11.8 Å². The lowest BCUT2D eigenvalue weighted by molar-refractivity contribution is 0.0397. The van der Waals surface area contributed by atoms with Crippen LogP contribution in [0.2, 0.25) is 0 Å². The quantitative estimate of drug-likeness (QED) is 0.505. The molecule has 0 spiro atoms. The van der Waals surface area contributed by atoms with E-state index in [9.17, 15) is 5.11 Å².